The van der Waals surface area contributed by atoms with Gasteiger partial charge in [-0.05, 0) is 26.2 Å². The minimum Gasteiger partial charge on any atom is -0.479 e. The third-order valence-corrected chi connectivity index (χ3v) is 3.27. The third kappa shape index (κ3) is 4.97. The Morgan fingerprint density at radius 2 is 2.20 bits per heavy atom. The smallest absolute Gasteiger partial charge is 0.337 e. The van der Waals surface area contributed by atoms with Crippen molar-refractivity contribution in [3.8, 4) is 0 Å². The first-order valence-corrected chi connectivity index (χ1v) is 6.97. The molecule has 1 aliphatic heterocycles. The van der Waals surface area contributed by atoms with E-state index in [1.54, 1.807) is 4.90 Å². The highest BCUT2D eigenvalue weighted by atomic mass is 16.5. The number of carboxylic acids is 1. The van der Waals surface area contributed by atoms with E-state index in [0.717, 1.165) is 26.2 Å². The fraction of sp³-hybridized carbons (Fsp3) is 0.846. The molecule has 1 saturated heterocycles. The summed E-state index contributed by atoms with van der Waals surface area (Å²) in [7, 11) is 0. The maximum atomic E-state index is 11.9. The first-order valence-electron chi connectivity index (χ1n) is 6.97. The van der Waals surface area contributed by atoms with Crippen LogP contribution in [0.3, 0.4) is 0 Å². The lowest BCUT2D eigenvalue weighted by atomic mass is 10.1. The van der Waals surface area contributed by atoms with Gasteiger partial charge in [-0.3, -0.25) is 0 Å². The zero-order chi connectivity index (χ0) is 15.2. The van der Waals surface area contributed by atoms with E-state index in [9.17, 15) is 14.7 Å². The molecule has 2 atom stereocenters. The molecule has 0 aromatic rings. The number of nitrogens with one attached hydrogen (secondary N) is 1. The Kier molecular flexibility index (Phi) is 6.22. The first kappa shape index (κ1) is 16.7. The van der Waals surface area contributed by atoms with E-state index in [1.165, 1.54) is 0 Å². The number of rotatable bonds is 6. The number of carboxylic acid groups (broad SMARTS) is 1. The second kappa shape index (κ2) is 7.44. The summed E-state index contributed by atoms with van der Waals surface area (Å²) in [4.78, 5) is 24.3. The van der Waals surface area contributed by atoms with Crippen molar-refractivity contribution in [3.05, 3.63) is 0 Å². The van der Waals surface area contributed by atoms with Gasteiger partial charge in [0.05, 0.1) is 12.6 Å². The van der Waals surface area contributed by atoms with Crippen LogP contribution in [-0.2, 0) is 9.53 Å². The number of aliphatic carboxylic acids is 1. The van der Waals surface area contributed by atoms with Crippen LogP contribution in [0.1, 0.15) is 33.1 Å². The molecule has 20 heavy (non-hydrogen) atoms. The summed E-state index contributed by atoms with van der Waals surface area (Å²) in [5.41, 5.74) is -1.95. The Bertz CT molecular complexity index is 346. The zero-order valence-electron chi connectivity index (χ0n) is 12.1. The molecular weight excluding hydrogens is 264 g/mol. The molecule has 1 heterocycles. The lowest BCUT2D eigenvalue weighted by Gasteiger charge is -2.33. The van der Waals surface area contributed by atoms with E-state index in [-0.39, 0.29) is 18.7 Å². The number of urea groups is 1. The topological polar surface area (TPSA) is 99.1 Å². The van der Waals surface area contributed by atoms with Gasteiger partial charge < -0.3 is 25.2 Å². The van der Waals surface area contributed by atoms with Crippen LogP contribution in [0.4, 0.5) is 4.79 Å². The molecule has 0 saturated carbocycles. The number of ether oxygens (including phenoxy) is 1. The fourth-order valence-electron chi connectivity index (χ4n) is 1.98. The molecule has 0 radical (unpaired) electrons. The number of hydrogen-bond donors (Lipinski definition) is 3. The molecule has 116 valence electrons. The number of likely N-dealkylation sites (tertiary alicyclic amines) is 1. The summed E-state index contributed by atoms with van der Waals surface area (Å²) < 4.78 is 5.63. The van der Waals surface area contributed by atoms with Gasteiger partial charge in [-0.25, -0.2) is 9.59 Å². The van der Waals surface area contributed by atoms with Crippen LogP contribution in [0.2, 0.25) is 0 Å². The molecule has 0 aromatic carbocycles. The number of nitrogens with zero attached hydrogens (tertiary/aromatic N) is 1. The molecule has 0 spiro atoms. The predicted octanol–water partition coefficient (Wildman–Crippen LogP) is 0.423. The zero-order valence-corrected chi connectivity index (χ0v) is 12.1. The van der Waals surface area contributed by atoms with Crippen LogP contribution in [0.5, 0.6) is 0 Å². The van der Waals surface area contributed by atoms with E-state index >= 15 is 0 Å². The Morgan fingerprint density at radius 3 is 2.80 bits per heavy atom. The monoisotopic (exact) mass is 288 g/mol. The number of amides is 2. The van der Waals surface area contributed by atoms with Crippen molar-refractivity contribution in [2.24, 2.45) is 0 Å². The Morgan fingerprint density at radius 1 is 1.50 bits per heavy atom. The van der Waals surface area contributed by atoms with Gasteiger partial charge in [0.2, 0.25) is 0 Å². The quantitative estimate of drug-likeness (QED) is 0.658. The van der Waals surface area contributed by atoms with Crippen LogP contribution in [0.25, 0.3) is 0 Å². The van der Waals surface area contributed by atoms with E-state index in [4.69, 9.17) is 9.84 Å². The van der Waals surface area contributed by atoms with Crippen molar-refractivity contribution in [2.45, 2.75) is 44.8 Å². The van der Waals surface area contributed by atoms with Crippen LogP contribution >= 0.6 is 0 Å². The average Bonchev–Trinajstić information content (AvgIpc) is 2.42. The van der Waals surface area contributed by atoms with Gasteiger partial charge in [0, 0.05) is 19.7 Å². The van der Waals surface area contributed by atoms with Crippen LogP contribution in [0, 0.1) is 0 Å². The normalized spacial score (nSPS) is 22.1. The van der Waals surface area contributed by atoms with E-state index in [2.05, 4.69) is 5.32 Å². The van der Waals surface area contributed by atoms with E-state index in [1.807, 2.05) is 6.92 Å². The molecule has 0 aromatic heterocycles. The Balaban J connectivity index is 2.41. The molecule has 2 unspecified atom stereocenters. The molecule has 1 fully saturated rings. The van der Waals surface area contributed by atoms with Crippen LogP contribution in [0.15, 0.2) is 0 Å². The van der Waals surface area contributed by atoms with Crippen molar-refractivity contribution in [2.75, 3.05) is 26.2 Å². The standard InChI is InChI=1S/C13H24N2O5/c1-3-7-20-10-5-4-6-15(8-10)12(18)14-9-13(2,19)11(16)17/h10,19H,3-9H2,1-2H3,(H,14,18)(H,16,17). The SMILES string of the molecule is CCCOC1CCCN(C(=O)NCC(C)(O)C(=O)O)C1. The first-order chi connectivity index (χ1) is 9.36. The summed E-state index contributed by atoms with van der Waals surface area (Å²) >= 11 is 0. The molecule has 7 heteroatoms. The number of piperidine rings is 1. The minimum absolute atomic E-state index is 0.0365. The molecular formula is C13H24N2O5. The highest BCUT2D eigenvalue weighted by Crippen LogP contribution is 2.13. The van der Waals surface area contributed by atoms with E-state index in [0.29, 0.717) is 19.7 Å². The van der Waals surface area contributed by atoms with Gasteiger partial charge in [0.15, 0.2) is 5.60 Å². The molecule has 1 rings (SSSR count). The lowest BCUT2D eigenvalue weighted by Crippen LogP contribution is -2.52. The molecule has 0 bridgehead atoms. The van der Waals surface area contributed by atoms with Crippen molar-refractivity contribution in [3.63, 3.8) is 0 Å². The van der Waals surface area contributed by atoms with Crippen LogP contribution in [-0.4, -0.2) is 65.1 Å². The van der Waals surface area contributed by atoms with Gasteiger partial charge >= 0.3 is 12.0 Å². The summed E-state index contributed by atoms with van der Waals surface area (Å²) in [6, 6.07) is -0.365. The highest BCUT2D eigenvalue weighted by Gasteiger charge is 2.31. The Hall–Kier alpha value is -1.34. The fourth-order valence-corrected chi connectivity index (χ4v) is 1.98. The number of aliphatic hydroxyl groups is 1. The van der Waals surface area contributed by atoms with Crippen molar-refractivity contribution in [1.82, 2.24) is 10.2 Å². The number of carbonyl (C=O) groups is 2. The van der Waals surface area contributed by atoms with Gasteiger partial charge in [-0.1, -0.05) is 6.92 Å². The number of carbonyl (C=O) groups excluding carboxylic acids is 1. The van der Waals surface area contributed by atoms with Gasteiger partial charge in [0.1, 0.15) is 0 Å². The summed E-state index contributed by atoms with van der Waals surface area (Å²) in [6.07, 6.45) is 2.76. The van der Waals surface area contributed by atoms with Crippen molar-refractivity contribution in [1.29, 1.82) is 0 Å². The predicted molar refractivity (Wildman–Crippen MR) is 72.5 cm³/mol. The van der Waals surface area contributed by atoms with Crippen molar-refractivity contribution >= 4 is 12.0 Å². The minimum atomic E-state index is -1.95. The van der Waals surface area contributed by atoms with Gasteiger partial charge in [0.25, 0.3) is 0 Å². The molecule has 1 aliphatic rings. The van der Waals surface area contributed by atoms with Crippen molar-refractivity contribution < 1.29 is 24.5 Å². The maximum Gasteiger partial charge on any atom is 0.337 e. The molecule has 3 N–H and O–H groups in total. The van der Waals surface area contributed by atoms with E-state index < -0.39 is 11.6 Å². The van der Waals surface area contributed by atoms with Gasteiger partial charge in [-0.15, -0.1) is 0 Å². The number of hydrogen-bond acceptors (Lipinski definition) is 4. The molecule has 0 aliphatic carbocycles. The summed E-state index contributed by atoms with van der Waals surface area (Å²) in [5.74, 6) is -1.36. The second-order valence-electron chi connectivity index (χ2n) is 5.32. The van der Waals surface area contributed by atoms with Crippen LogP contribution < -0.4 is 5.32 Å². The maximum absolute atomic E-state index is 11.9. The third-order valence-electron chi connectivity index (χ3n) is 3.27. The molecule has 2 amide bonds. The molecule has 7 nitrogen and oxygen atoms in total. The Labute approximate surface area is 118 Å². The summed E-state index contributed by atoms with van der Waals surface area (Å²) in [6.45, 7) is 4.65. The second-order valence-corrected chi connectivity index (χ2v) is 5.32. The average molecular weight is 288 g/mol. The van der Waals surface area contributed by atoms with Gasteiger partial charge in [-0.2, -0.15) is 0 Å². The summed E-state index contributed by atoms with van der Waals surface area (Å²) in [5, 5.41) is 20.8. The highest BCUT2D eigenvalue weighted by molar-refractivity contribution is 5.79. The largest absolute Gasteiger partial charge is 0.479 e. The lowest BCUT2D eigenvalue weighted by molar-refractivity contribution is -0.155.